The topological polar surface area (TPSA) is 43.6 Å². The van der Waals surface area contributed by atoms with E-state index >= 15 is 0 Å². The Balaban J connectivity index is 1.05. The van der Waals surface area contributed by atoms with Crippen molar-refractivity contribution < 1.29 is 0 Å². The van der Waals surface area contributed by atoms with Gasteiger partial charge >= 0.3 is 0 Å². The van der Waals surface area contributed by atoms with Gasteiger partial charge in [-0.1, -0.05) is 140 Å². The van der Waals surface area contributed by atoms with Crippen LogP contribution in [-0.2, 0) is 0 Å². The predicted octanol–water partition coefficient (Wildman–Crippen LogP) is 16.0. The zero-order valence-corrected chi connectivity index (χ0v) is 35.4. The molecule has 0 spiro atoms. The van der Waals surface area contributed by atoms with Gasteiger partial charge in [0.05, 0.1) is 11.0 Å². The molecule has 13 aromatic rings. The van der Waals surface area contributed by atoms with Crippen LogP contribution in [0.4, 0.5) is 0 Å². The van der Waals surface area contributed by atoms with Crippen LogP contribution in [0.15, 0.2) is 206 Å². The molecule has 13 rings (SSSR count). The Labute approximate surface area is 370 Å². The molecule has 4 heterocycles. The lowest BCUT2D eigenvalue weighted by Gasteiger charge is -2.14. The number of nitrogens with zero attached hydrogens (tertiary/aromatic N) is 4. The van der Waals surface area contributed by atoms with Crippen molar-refractivity contribution in [3.8, 4) is 62.1 Å². The average Bonchev–Trinajstić information content (AvgIpc) is 4.04. The SMILES string of the molecule is c1ccc(-c2cc(-c3ccccc3)cc(-n3c4ccccc4c4cc(-c5nc(-c6cccc7c6sc6ccccc67)nc(-c6cccc7sc8ccccc8c67)n5)ccc43)c2)cc1. The van der Waals surface area contributed by atoms with E-state index in [2.05, 4.69) is 211 Å². The normalized spacial score (nSPS) is 11.8. The fraction of sp³-hybridized carbons (Fsp3) is 0. The zero-order valence-electron chi connectivity index (χ0n) is 33.7. The van der Waals surface area contributed by atoms with Gasteiger partial charge in [-0.2, -0.15) is 0 Å². The maximum absolute atomic E-state index is 5.38. The number of hydrogen-bond donors (Lipinski definition) is 0. The lowest BCUT2D eigenvalue weighted by molar-refractivity contribution is 1.08. The van der Waals surface area contributed by atoms with Crippen molar-refractivity contribution >= 4 is 84.8 Å². The van der Waals surface area contributed by atoms with Crippen molar-refractivity contribution in [1.82, 2.24) is 19.5 Å². The summed E-state index contributed by atoms with van der Waals surface area (Å²) in [5, 5.41) is 7.14. The van der Waals surface area contributed by atoms with Gasteiger partial charge in [0.2, 0.25) is 0 Å². The highest BCUT2D eigenvalue weighted by atomic mass is 32.1. The smallest absolute Gasteiger partial charge is 0.165 e. The maximum atomic E-state index is 5.38. The molecule has 6 heteroatoms. The van der Waals surface area contributed by atoms with Gasteiger partial charge in [0.1, 0.15) is 0 Å². The van der Waals surface area contributed by atoms with Crippen LogP contribution in [0.25, 0.3) is 124 Å². The Kier molecular flexibility index (Phi) is 8.22. The second kappa shape index (κ2) is 14.4. The van der Waals surface area contributed by atoms with Crippen LogP contribution in [0.5, 0.6) is 0 Å². The minimum Gasteiger partial charge on any atom is -0.309 e. The van der Waals surface area contributed by atoms with E-state index in [4.69, 9.17) is 15.0 Å². The molecular weight excluding hydrogens is 805 g/mol. The lowest BCUT2D eigenvalue weighted by Crippen LogP contribution is -2.00. The van der Waals surface area contributed by atoms with Crippen molar-refractivity contribution in [2.24, 2.45) is 0 Å². The summed E-state index contributed by atoms with van der Waals surface area (Å²) in [6, 6.07) is 73.9. The second-order valence-electron chi connectivity index (χ2n) is 15.9. The zero-order chi connectivity index (χ0) is 41.4. The molecule has 0 amide bonds. The van der Waals surface area contributed by atoms with Crippen molar-refractivity contribution in [3.63, 3.8) is 0 Å². The summed E-state index contributed by atoms with van der Waals surface area (Å²) < 4.78 is 7.28. The third kappa shape index (κ3) is 5.91. The summed E-state index contributed by atoms with van der Waals surface area (Å²) in [6.07, 6.45) is 0. The van der Waals surface area contributed by atoms with Gasteiger partial charge in [0, 0.05) is 73.5 Å². The monoisotopic (exact) mass is 838 g/mol. The Hall–Kier alpha value is -7.77. The first-order valence-electron chi connectivity index (χ1n) is 21.1. The second-order valence-corrected chi connectivity index (χ2v) is 18.1. The van der Waals surface area contributed by atoms with Crippen LogP contribution in [-0.4, -0.2) is 19.5 Å². The fourth-order valence-corrected chi connectivity index (χ4v) is 11.7. The first-order valence-corrected chi connectivity index (χ1v) is 22.7. The number of hydrogen-bond acceptors (Lipinski definition) is 5. The number of benzene rings is 9. The fourth-order valence-electron chi connectivity index (χ4n) is 9.36. The van der Waals surface area contributed by atoms with E-state index < -0.39 is 0 Å². The molecule has 294 valence electrons. The van der Waals surface area contributed by atoms with Crippen molar-refractivity contribution in [1.29, 1.82) is 0 Å². The van der Waals surface area contributed by atoms with E-state index in [1.807, 2.05) is 0 Å². The number of thiophene rings is 2. The average molecular weight is 839 g/mol. The molecule has 0 aliphatic rings. The van der Waals surface area contributed by atoms with Crippen LogP contribution in [0.1, 0.15) is 0 Å². The molecular formula is C57H34N4S2. The molecule has 0 aliphatic heterocycles. The lowest BCUT2D eigenvalue weighted by atomic mass is 9.98. The van der Waals surface area contributed by atoms with E-state index in [9.17, 15) is 0 Å². The van der Waals surface area contributed by atoms with E-state index in [1.54, 1.807) is 22.7 Å². The highest BCUT2D eigenvalue weighted by Crippen LogP contribution is 2.43. The van der Waals surface area contributed by atoms with E-state index in [0.717, 1.165) is 38.8 Å². The molecule has 4 aromatic heterocycles. The highest BCUT2D eigenvalue weighted by molar-refractivity contribution is 7.26. The summed E-state index contributed by atoms with van der Waals surface area (Å²) in [7, 11) is 0. The molecule has 63 heavy (non-hydrogen) atoms. The summed E-state index contributed by atoms with van der Waals surface area (Å²) in [5.41, 5.74) is 11.0. The summed E-state index contributed by atoms with van der Waals surface area (Å²) >= 11 is 3.60. The van der Waals surface area contributed by atoms with Gasteiger partial charge in [0.15, 0.2) is 17.5 Å². The molecule has 0 saturated heterocycles. The third-order valence-corrected chi connectivity index (χ3v) is 14.6. The molecule has 0 radical (unpaired) electrons. The van der Waals surface area contributed by atoms with Crippen molar-refractivity contribution in [3.05, 3.63) is 206 Å². The predicted molar refractivity (Wildman–Crippen MR) is 267 cm³/mol. The Morgan fingerprint density at radius 2 is 0.873 bits per heavy atom. The van der Waals surface area contributed by atoms with Crippen molar-refractivity contribution in [2.45, 2.75) is 0 Å². The van der Waals surface area contributed by atoms with E-state index in [-0.39, 0.29) is 0 Å². The first-order chi connectivity index (χ1) is 31.2. The summed E-state index contributed by atoms with van der Waals surface area (Å²) in [6.45, 7) is 0. The number of fused-ring (bicyclic) bond motifs is 9. The highest BCUT2D eigenvalue weighted by Gasteiger charge is 2.21. The Morgan fingerprint density at radius 3 is 1.63 bits per heavy atom. The van der Waals surface area contributed by atoms with E-state index in [0.29, 0.717) is 17.5 Å². The van der Waals surface area contributed by atoms with E-state index in [1.165, 1.54) is 68.0 Å². The quantitative estimate of drug-likeness (QED) is 0.168. The van der Waals surface area contributed by atoms with Crippen LogP contribution in [0.2, 0.25) is 0 Å². The summed E-state index contributed by atoms with van der Waals surface area (Å²) in [5.74, 6) is 1.97. The molecule has 0 bridgehead atoms. The van der Waals surface area contributed by atoms with Gasteiger partial charge in [-0.25, -0.2) is 15.0 Å². The van der Waals surface area contributed by atoms with Gasteiger partial charge in [0.25, 0.3) is 0 Å². The maximum Gasteiger partial charge on any atom is 0.165 e. The molecule has 0 N–H and O–H groups in total. The van der Waals surface area contributed by atoms with Gasteiger partial charge in [-0.15, -0.1) is 22.7 Å². The van der Waals surface area contributed by atoms with Gasteiger partial charge in [-0.3, -0.25) is 0 Å². The number of rotatable bonds is 6. The molecule has 0 unspecified atom stereocenters. The van der Waals surface area contributed by atoms with Gasteiger partial charge in [-0.05, 0) is 89.0 Å². The molecule has 0 aliphatic carbocycles. The van der Waals surface area contributed by atoms with Crippen LogP contribution in [0.3, 0.4) is 0 Å². The molecule has 0 fully saturated rings. The first kappa shape index (κ1) is 35.9. The summed E-state index contributed by atoms with van der Waals surface area (Å²) in [4.78, 5) is 16.1. The minimum absolute atomic E-state index is 0.640. The van der Waals surface area contributed by atoms with Gasteiger partial charge < -0.3 is 4.57 Å². The van der Waals surface area contributed by atoms with Crippen LogP contribution >= 0.6 is 22.7 Å². The number of para-hydroxylation sites is 1. The molecule has 9 aromatic carbocycles. The van der Waals surface area contributed by atoms with Crippen LogP contribution < -0.4 is 0 Å². The third-order valence-electron chi connectivity index (χ3n) is 12.2. The largest absolute Gasteiger partial charge is 0.309 e. The Bertz CT molecular complexity index is 3860. The standard InChI is InChI=1S/C57H34N4S2/c1-3-15-35(16-4-1)38-31-39(36-17-5-2-6-18-36)33-40(32-38)61-48-25-10-7-19-41(48)47-34-37(29-30-49(47)61)55-58-56(45-23-14-28-52-53(45)44-21-9-12-27-51(44)62-52)60-57(59-55)46-24-13-22-43-42-20-8-11-26-50(42)63-54(43)46/h1-34H. The van der Waals surface area contributed by atoms with Crippen LogP contribution in [0, 0.1) is 0 Å². The minimum atomic E-state index is 0.640. The molecule has 0 saturated carbocycles. The number of aromatic nitrogens is 4. The van der Waals surface area contributed by atoms with Crippen molar-refractivity contribution in [2.75, 3.05) is 0 Å². The molecule has 0 atom stereocenters. The molecule has 4 nitrogen and oxygen atoms in total. The Morgan fingerprint density at radius 1 is 0.317 bits per heavy atom.